The van der Waals surface area contributed by atoms with Gasteiger partial charge in [0.2, 0.25) is 0 Å². The Hall–Kier alpha value is -3.86. The fourth-order valence-electron chi connectivity index (χ4n) is 4.04. The molecule has 0 atom stereocenters. The molecule has 0 fully saturated rings. The zero-order valence-corrected chi connectivity index (χ0v) is 26.3. The Balaban J connectivity index is 1.50. The number of nitrogens with zero attached hydrogens (tertiary/aromatic N) is 2. The van der Waals surface area contributed by atoms with Gasteiger partial charge >= 0.3 is 0 Å². The number of carbonyl (C=O) groups excluding carboxylic acids is 1. The van der Waals surface area contributed by atoms with Gasteiger partial charge in [0, 0.05) is 10.6 Å². The van der Waals surface area contributed by atoms with Crippen molar-refractivity contribution in [2.24, 2.45) is 5.10 Å². The number of rotatable bonds is 11. The summed E-state index contributed by atoms with van der Waals surface area (Å²) in [6.45, 7) is 3.42. The number of hydrogen-bond acceptors (Lipinski definition) is 6. The van der Waals surface area contributed by atoms with Gasteiger partial charge in [0.1, 0.15) is 13.2 Å². The van der Waals surface area contributed by atoms with Gasteiger partial charge in [-0.2, -0.15) is 5.10 Å². The molecule has 0 aromatic heterocycles. The van der Waals surface area contributed by atoms with Gasteiger partial charge in [-0.3, -0.25) is 9.10 Å². The van der Waals surface area contributed by atoms with Crippen molar-refractivity contribution in [2.75, 3.05) is 18.0 Å². The van der Waals surface area contributed by atoms with Crippen LogP contribution in [0.4, 0.5) is 5.69 Å². The topological polar surface area (TPSA) is 97.3 Å². The highest BCUT2D eigenvalue weighted by Crippen LogP contribution is 2.37. The van der Waals surface area contributed by atoms with Crippen LogP contribution in [-0.4, -0.2) is 34.2 Å². The first-order valence-electron chi connectivity index (χ1n) is 12.8. The normalized spacial score (nSPS) is 11.4. The lowest BCUT2D eigenvalue weighted by atomic mass is 10.2. The number of ether oxygens (including phenoxy) is 2. The summed E-state index contributed by atoms with van der Waals surface area (Å²) in [6.07, 6.45) is 1.43. The first-order chi connectivity index (χ1) is 20.1. The lowest BCUT2D eigenvalue weighted by Crippen LogP contribution is -2.40. The maximum absolute atomic E-state index is 13.6. The van der Waals surface area contributed by atoms with Gasteiger partial charge in [-0.05, 0) is 77.3 Å². The summed E-state index contributed by atoms with van der Waals surface area (Å²) in [7, 11) is -2.52. The van der Waals surface area contributed by atoms with Crippen LogP contribution < -0.4 is 19.2 Å². The Kier molecular flexibility index (Phi) is 10.3. The van der Waals surface area contributed by atoms with Crippen LogP contribution in [0.25, 0.3) is 0 Å². The largest absolute Gasteiger partial charge is 0.493 e. The van der Waals surface area contributed by atoms with Gasteiger partial charge in [0.25, 0.3) is 15.9 Å². The van der Waals surface area contributed by atoms with E-state index < -0.39 is 22.5 Å². The van der Waals surface area contributed by atoms with Crippen molar-refractivity contribution < 1.29 is 22.7 Å². The summed E-state index contributed by atoms with van der Waals surface area (Å²) in [5, 5.41) is 4.64. The average molecular weight is 671 g/mol. The summed E-state index contributed by atoms with van der Waals surface area (Å²) < 4.78 is 40.4. The SMILES string of the molecule is COc1cc(/C=N\NC(=O)CN(c2ccccc2C)S(=O)(=O)c2ccc(C)cc2)cc(Br)c1OCc1ccccc1Cl. The van der Waals surface area contributed by atoms with Crippen molar-refractivity contribution in [1.82, 2.24) is 5.43 Å². The molecule has 0 spiro atoms. The number of carbonyl (C=O) groups is 1. The number of para-hydroxylation sites is 1. The minimum absolute atomic E-state index is 0.0847. The predicted molar refractivity (Wildman–Crippen MR) is 169 cm³/mol. The van der Waals surface area contributed by atoms with E-state index >= 15 is 0 Å². The number of halogens is 2. The lowest BCUT2D eigenvalue weighted by molar-refractivity contribution is -0.119. The van der Waals surface area contributed by atoms with Crippen molar-refractivity contribution in [2.45, 2.75) is 25.3 Å². The Labute approximate surface area is 259 Å². The number of amides is 1. The second kappa shape index (κ2) is 13.9. The molecule has 218 valence electrons. The summed E-state index contributed by atoms with van der Waals surface area (Å²) in [4.78, 5) is 13.0. The second-order valence-electron chi connectivity index (χ2n) is 9.32. The summed E-state index contributed by atoms with van der Waals surface area (Å²) in [6, 6.07) is 24.3. The Morgan fingerprint density at radius 1 is 1.02 bits per heavy atom. The van der Waals surface area contributed by atoms with E-state index in [1.165, 1.54) is 25.5 Å². The highest BCUT2D eigenvalue weighted by atomic mass is 79.9. The van der Waals surface area contributed by atoms with Crippen LogP contribution in [-0.2, 0) is 21.4 Å². The van der Waals surface area contributed by atoms with E-state index in [-0.39, 0.29) is 11.5 Å². The highest BCUT2D eigenvalue weighted by Gasteiger charge is 2.28. The van der Waals surface area contributed by atoms with Crippen molar-refractivity contribution in [3.05, 3.63) is 117 Å². The molecule has 4 rings (SSSR count). The van der Waals surface area contributed by atoms with E-state index in [0.717, 1.165) is 15.4 Å². The molecule has 0 aliphatic heterocycles. The molecule has 8 nitrogen and oxygen atoms in total. The van der Waals surface area contributed by atoms with Crippen molar-refractivity contribution in [1.29, 1.82) is 0 Å². The zero-order valence-electron chi connectivity index (χ0n) is 23.2. The van der Waals surface area contributed by atoms with Crippen LogP contribution in [0.1, 0.15) is 22.3 Å². The lowest BCUT2D eigenvalue weighted by Gasteiger charge is -2.25. The predicted octanol–water partition coefficient (Wildman–Crippen LogP) is 6.65. The summed E-state index contributed by atoms with van der Waals surface area (Å²) in [5.41, 5.74) is 5.89. The minimum Gasteiger partial charge on any atom is -0.493 e. The molecule has 0 unspecified atom stereocenters. The molecule has 0 saturated carbocycles. The fraction of sp³-hybridized carbons (Fsp3) is 0.161. The summed E-state index contributed by atoms with van der Waals surface area (Å²) >= 11 is 9.74. The zero-order chi connectivity index (χ0) is 30.3. The molecule has 0 aliphatic rings. The fourth-order valence-corrected chi connectivity index (χ4v) is 6.29. The molecule has 0 bridgehead atoms. The number of hydrazone groups is 1. The van der Waals surface area contributed by atoms with Gasteiger partial charge in [-0.1, -0.05) is 65.7 Å². The molecule has 0 radical (unpaired) electrons. The van der Waals surface area contributed by atoms with E-state index in [1.54, 1.807) is 61.5 Å². The standard InChI is InChI=1S/C31H29BrClN3O5S/c1-21-12-14-25(15-13-21)42(38,39)36(28-11-7-4-8-22(28)2)19-30(37)35-34-18-23-16-26(32)31(29(17-23)40-3)41-20-24-9-5-6-10-27(24)33/h4-18H,19-20H2,1-3H3,(H,35,37)/b34-18-. The van der Waals surface area contributed by atoms with Gasteiger partial charge in [-0.25, -0.2) is 13.8 Å². The number of anilines is 1. The third-order valence-corrected chi connectivity index (χ3v) is 9.00. The van der Waals surface area contributed by atoms with E-state index in [4.69, 9.17) is 21.1 Å². The van der Waals surface area contributed by atoms with Crippen LogP contribution in [0.2, 0.25) is 5.02 Å². The molecule has 0 saturated heterocycles. The van der Waals surface area contributed by atoms with Crippen molar-refractivity contribution in [3.8, 4) is 11.5 Å². The Morgan fingerprint density at radius 3 is 2.40 bits per heavy atom. The maximum Gasteiger partial charge on any atom is 0.264 e. The first kappa shape index (κ1) is 31.1. The quantitative estimate of drug-likeness (QED) is 0.142. The van der Waals surface area contributed by atoms with E-state index in [9.17, 15) is 13.2 Å². The van der Waals surface area contributed by atoms with E-state index in [2.05, 4.69) is 26.5 Å². The van der Waals surface area contributed by atoms with Crippen LogP contribution >= 0.6 is 27.5 Å². The van der Waals surface area contributed by atoms with Crippen LogP contribution in [0, 0.1) is 13.8 Å². The molecular weight excluding hydrogens is 642 g/mol. The summed E-state index contributed by atoms with van der Waals surface area (Å²) in [5.74, 6) is 0.309. The molecule has 0 aliphatic carbocycles. The van der Waals surface area contributed by atoms with Crippen molar-refractivity contribution >= 4 is 55.4 Å². The molecule has 42 heavy (non-hydrogen) atoms. The third-order valence-electron chi connectivity index (χ3n) is 6.26. The molecule has 1 amide bonds. The van der Waals surface area contributed by atoms with E-state index in [0.29, 0.717) is 37.8 Å². The Morgan fingerprint density at radius 2 is 1.71 bits per heavy atom. The number of aryl methyl sites for hydroxylation is 2. The second-order valence-corrected chi connectivity index (χ2v) is 12.4. The molecule has 1 N–H and O–H groups in total. The van der Waals surface area contributed by atoms with E-state index in [1.807, 2.05) is 25.1 Å². The van der Waals surface area contributed by atoms with Crippen LogP contribution in [0.5, 0.6) is 11.5 Å². The molecule has 4 aromatic rings. The first-order valence-corrected chi connectivity index (χ1v) is 15.4. The maximum atomic E-state index is 13.6. The van der Waals surface area contributed by atoms with Gasteiger partial charge in [0.15, 0.2) is 11.5 Å². The van der Waals surface area contributed by atoms with Gasteiger partial charge < -0.3 is 9.47 Å². The molecule has 4 aromatic carbocycles. The van der Waals surface area contributed by atoms with Gasteiger partial charge in [0.05, 0.1) is 28.4 Å². The monoisotopic (exact) mass is 669 g/mol. The number of methoxy groups -OCH3 is 1. The smallest absolute Gasteiger partial charge is 0.264 e. The van der Waals surface area contributed by atoms with Crippen LogP contribution in [0.15, 0.2) is 99.4 Å². The third kappa shape index (κ3) is 7.50. The minimum atomic E-state index is -4.04. The number of benzene rings is 4. The van der Waals surface area contributed by atoms with Crippen molar-refractivity contribution in [3.63, 3.8) is 0 Å². The number of sulfonamides is 1. The average Bonchev–Trinajstić information content (AvgIpc) is 2.96. The highest BCUT2D eigenvalue weighted by molar-refractivity contribution is 9.10. The Bertz CT molecular complexity index is 1710. The van der Waals surface area contributed by atoms with Gasteiger partial charge in [-0.15, -0.1) is 0 Å². The molecule has 11 heteroatoms. The number of hydrogen-bond donors (Lipinski definition) is 1. The molecule has 0 heterocycles. The van der Waals surface area contributed by atoms with Crippen LogP contribution in [0.3, 0.4) is 0 Å². The molecular formula is C31H29BrClN3O5S. The number of nitrogens with one attached hydrogen (secondary N) is 1.